The summed E-state index contributed by atoms with van der Waals surface area (Å²) in [5.41, 5.74) is 1.73. The molecule has 0 unspecified atom stereocenters. The van der Waals surface area contributed by atoms with Gasteiger partial charge in [0, 0.05) is 17.3 Å². The third kappa shape index (κ3) is 6.94. The summed E-state index contributed by atoms with van der Waals surface area (Å²) in [6.45, 7) is 0.561. The van der Waals surface area contributed by atoms with E-state index >= 15 is 0 Å². The van der Waals surface area contributed by atoms with Gasteiger partial charge in [-0.15, -0.1) is 10.2 Å². The van der Waals surface area contributed by atoms with E-state index in [1.165, 1.54) is 0 Å². The Kier molecular flexibility index (Phi) is 7.69. The van der Waals surface area contributed by atoms with Crippen LogP contribution in [0.15, 0.2) is 54.6 Å². The van der Waals surface area contributed by atoms with Crippen LogP contribution in [-0.2, 0) is 22.6 Å². The summed E-state index contributed by atoms with van der Waals surface area (Å²) >= 11 is 7.01. The van der Waals surface area contributed by atoms with Crippen molar-refractivity contribution in [1.29, 1.82) is 0 Å². The number of nitrogens with zero attached hydrogens (tertiary/aromatic N) is 2. The first-order valence-electron chi connectivity index (χ1n) is 8.88. The van der Waals surface area contributed by atoms with E-state index in [9.17, 15) is 9.59 Å². The summed E-state index contributed by atoms with van der Waals surface area (Å²) < 4.78 is 5.36. The summed E-state index contributed by atoms with van der Waals surface area (Å²) in [6.07, 6.45) is 0.758. The Balaban J connectivity index is 1.37. The van der Waals surface area contributed by atoms with E-state index in [0.29, 0.717) is 22.3 Å². The van der Waals surface area contributed by atoms with Crippen molar-refractivity contribution in [3.05, 3.63) is 75.2 Å². The van der Waals surface area contributed by atoms with Crippen molar-refractivity contribution in [2.75, 3.05) is 18.5 Å². The third-order valence-corrected chi connectivity index (χ3v) is 4.91. The fraction of sp³-hybridized carbons (Fsp3) is 0.200. The van der Waals surface area contributed by atoms with Crippen LogP contribution in [0.4, 0.5) is 5.69 Å². The molecule has 7 nitrogen and oxygen atoms in total. The van der Waals surface area contributed by atoms with E-state index in [1.54, 1.807) is 24.3 Å². The van der Waals surface area contributed by atoms with Crippen LogP contribution in [0, 0.1) is 0 Å². The Morgan fingerprint density at radius 2 is 1.90 bits per heavy atom. The number of carbonyl (C=O) groups is 2. The topological polar surface area (TPSA) is 93.2 Å². The molecular formula is C20H19ClN4O3S. The van der Waals surface area contributed by atoms with Gasteiger partial charge < -0.3 is 15.4 Å². The fourth-order valence-corrected chi connectivity index (χ4v) is 3.29. The van der Waals surface area contributed by atoms with Gasteiger partial charge in [-0.1, -0.05) is 59.3 Å². The highest BCUT2D eigenvalue weighted by atomic mass is 35.5. The summed E-state index contributed by atoms with van der Waals surface area (Å²) in [4.78, 5) is 24.0. The number of amides is 2. The van der Waals surface area contributed by atoms with Gasteiger partial charge in [-0.2, -0.15) is 0 Å². The van der Waals surface area contributed by atoms with Gasteiger partial charge in [0.25, 0.3) is 5.91 Å². The van der Waals surface area contributed by atoms with Gasteiger partial charge in [0.05, 0.1) is 0 Å². The first kappa shape index (κ1) is 20.9. The van der Waals surface area contributed by atoms with Crippen LogP contribution >= 0.6 is 22.9 Å². The molecule has 2 amide bonds. The van der Waals surface area contributed by atoms with Crippen molar-refractivity contribution < 1.29 is 14.3 Å². The highest BCUT2D eigenvalue weighted by molar-refractivity contribution is 7.13. The van der Waals surface area contributed by atoms with Crippen LogP contribution in [0.5, 0.6) is 0 Å². The average molecular weight is 431 g/mol. The Bertz CT molecular complexity index is 965. The predicted octanol–water partition coefficient (Wildman–Crippen LogP) is 3.32. The first-order chi connectivity index (χ1) is 14.1. The molecule has 0 aliphatic heterocycles. The Labute approximate surface area is 177 Å². The highest BCUT2D eigenvalue weighted by Gasteiger charge is 2.14. The molecule has 0 spiro atoms. The van der Waals surface area contributed by atoms with Crippen LogP contribution in [0.1, 0.15) is 20.4 Å². The molecule has 1 aromatic heterocycles. The maximum absolute atomic E-state index is 12.2. The van der Waals surface area contributed by atoms with Gasteiger partial charge in [0.15, 0.2) is 0 Å². The number of nitrogens with one attached hydrogen (secondary N) is 2. The largest absolute Gasteiger partial charge is 0.364 e. The van der Waals surface area contributed by atoms with E-state index in [0.717, 1.165) is 23.3 Å². The summed E-state index contributed by atoms with van der Waals surface area (Å²) in [7, 11) is 0. The summed E-state index contributed by atoms with van der Waals surface area (Å²) in [5.74, 6) is -0.584. The molecule has 0 atom stereocenters. The average Bonchev–Trinajstić information content (AvgIpc) is 3.18. The SMILES string of the molecule is O=C(COCc1nnc(C(=O)Nc2cccc(Cl)c2)s1)NCCc1ccccc1. The van der Waals surface area contributed by atoms with Crippen LogP contribution in [0.25, 0.3) is 0 Å². The summed E-state index contributed by atoms with van der Waals surface area (Å²) in [5, 5.41) is 14.5. The molecule has 0 bridgehead atoms. The van der Waals surface area contributed by atoms with Gasteiger partial charge >= 0.3 is 0 Å². The Hall–Kier alpha value is -2.81. The van der Waals surface area contributed by atoms with Crippen molar-refractivity contribution in [1.82, 2.24) is 15.5 Å². The van der Waals surface area contributed by atoms with E-state index < -0.39 is 0 Å². The van der Waals surface area contributed by atoms with E-state index in [1.807, 2.05) is 30.3 Å². The van der Waals surface area contributed by atoms with Crippen molar-refractivity contribution >= 4 is 40.4 Å². The molecular weight excluding hydrogens is 412 g/mol. The molecule has 0 saturated heterocycles. The minimum absolute atomic E-state index is 0.0849. The zero-order chi connectivity index (χ0) is 20.5. The van der Waals surface area contributed by atoms with Gasteiger partial charge in [-0.3, -0.25) is 9.59 Å². The Morgan fingerprint density at radius 3 is 2.69 bits per heavy atom. The maximum Gasteiger partial charge on any atom is 0.286 e. The molecule has 0 radical (unpaired) electrons. The normalized spacial score (nSPS) is 10.5. The number of aromatic nitrogens is 2. The van der Waals surface area contributed by atoms with Crippen molar-refractivity contribution in [3.63, 3.8) is 0 Å². The van der Waals surface area contributed by atoms with Crippen LogP contribution in [0.2, 0.25) is 5.02 Å². The molecule has 150 valence electrons. The second-order valence-electron chi connectivity index (χ2n) is 6.04. The zero-order valence-corrected chi connectivity index (χ0v) is 17.0. The molecule has 0 fully saturated rings. The van der Waals surface area contributed by atoms with Crippen molar-refractivity contribution in [2.24, 2.45) is 0 Å². The first-order valence-corrected chi connectivity index (χ1v) is 10.1. The molecule has 0 aliphatic carbocycles. The van der Waals surface area contributed by atoms with E-state index in [2.05, 4.69) is 20.8 Å². The second kappa shape index (κ2) is 10.7. The Morgan fingerprint density at radius 1 is 1.07 bits per heavy atom. The minimum atomic E-state index is -0.380. The van der Waals surface area contributed by atoms with E-state index in [4.69, 9.17) is 16.3 Å². The molecule has 29 heavy (non-hydrogen) atoms. The monoisotopic (exact) mass is 430 g/mol. The molecule has 0 aliphatic rings. The fourth-order valence-electron chi connectivity index (χ4n) is 2.43. The second-order valence-corrected chi connectivity index (χ2v) is 7.54. The van der Waals surface area contributed by atoms with Crippen LogP contribution < -0.4 is 10.6 Å². The third-order valence-electron chi connectivity index (χ3n) is 3.78. The molecule has 0 saturated carbocycles. The number of carbonyl (C=O) groups excluding carboxylic acids is 2. The summed E-state index contributed by atoms with van der Waals surface area (Å²) in [6, 6.07) is 16.7. The lowest BCUT2D eigenvalue weighted by atomic mass is 10.1. The van der Waals surface area contributed by atoms with Crippen LogP contribution in [0.3, 0.4) is 0 Å². The quantitative estimate of drug-likeness (QED) is 0.543. The van der Waals surface area contributed by atoms with Gasteiger partial charge in [0.2, 0.25) is 10.9 Å². The van der Waals surface area contributed by atoms with Gasteiger partial charge in [0.1, 0.15) is 18.2 Å². The predicted molar refractivity (Wildman–Crippen MR) is 112 cm³/mol. The molecule has 3 rings (SSSR count). The number of hydrogen-bond acceptors (Lipinski definition) is 6. The lowest BCUT2D eigenvalue weighted by molar-refractivity contribution is -0.126. The van der Waals surface area contributed by atoms with Crippen molar-refractivity contribution in [3.8, 4) is 0 Å². The minimum Gasteiger partial charge on any atom is -0.364 e. The lowest BCUT2D eigenvalue weighted by Gasteiger charge is -2.05. The highest BCUT2D eigenvalue weighted by Crippen LogP contribution is 2.17. The number of ether oxygens (including phenoxy) is 1. The smallest absolute Gasteiger partial charge is 0.286 e. The van der Waals surface area contributed by atoms with E-state index in [-0.39, 0.29) is 30.0 Å². The molecule has 1 heterocycles. The number of hydrogen-bond donors (Lipinski definition) is 2. The molecule has 3 aromatic rings. The molecule has 9 heteroatoms. The van der Waals surface area contributed by atoms with Gasteiger partial charge in [-0.05, 0) is 30.2 Å². The number of anilines is 1. The van der Waals surface area contributed by atoms with Crippen LogP contribution in [-0.4, -0.2) is 35.2 Å². The van der Waals surface area contributed by atoms with Gasteiger partial charge in [-0.25, -0.2) is 0 Å². The number of halogens is 1. The molecule has 2 aromatic carbocycles. The number of benzene rings is 2. The molecule has 2 N–H and O–H groups in total. The standard InChI is InChI=1S/C20H19ClN4O3S/c21-15-7-4-8-16(11-15)23-19(27)20-25-24-18(29-20)13-28-12-17(26)22-10-9-14-5-2-1-3-6-14/h1-8,11H,9-10,12-13H2,(H,22,26)(H,23,27). The maximum atomic E-state index is 12.2. The number of rotatable bonds is 9. The lowest BCUT2D eigenvalue weighted by Crippen LogP contribution is -2.29. The van der Waals surface area contributed by atoms with Crippen molar-refractivity contribution in [2.45, 2.75) is 13.0 Å². The zero-order valence-electron chi connectivity index (χ0n) is 15.4.